The average Bonchev–Trinajstić information content (AvgIpc) is 1.98. The lowest BCUT2D eigenvalue weighted by Gasteiger charge is -2.31. The zero-order valence-electron chi connectivity index (χ0n) is 10.7. The van der Waals surface area contributed by atoms with Crippen molar-refractivity contribution in [1.29, 1.82) is 0 Å². The van der Waals surface area contributed by atoms with Gasteiger partial charge in [-0.15, -0.1) is 0 Å². The first kappa shape index (κ1) is 13.5. The largest absolute Gasteiger partial charge is 0.343 e. The van der Waals surface area contributed by atoms with E-state index >= 15 is 0 Å². The van der Waals surface area contributed by atoms with Crippen LogP contribution < -0.4 is 0 Å². The van der Waals surface area contributed by atoms with E-state index in [1.807, 2.05) is 32.7 Å². The van der Waals surface area contributed by atoms with E-state index in [0.717, 1.165) is 6.42 Å². The summed E-state index contributed by atoms with van der Waals surface area (Å²) in [7, 11) is 1.90. The highest BCUT2D eigenvalue weighted by molar-refractivity contribution is 5.81. The molecular weight excluding hydrogens is 174 g/mol. The van der Waals surface area contributed by atoms with Gasteiger partial charge in [0.25, 0.3) is 0 Å². The molecule has 0 fully saturated rings. The number of nitrogens with zero attached hydrogens (tertiary/aromatic N) is 1. The zero-order chi connectivity index (χ0) is 11.5. The summed E-state index contributed by atoms with van der Waals surface area (Å²) in [6.07, 6.45) is 1.07. The predicted octanol–water partition coefficient (Wildman–Crippen LogP) is 2.93. The summed E-state index contributed by atoms with van der Waals surface area (Å²) in [5.74, 6) is 0.867. The monoisotopic (exact) mass is 199 g/mol. The molecule has 0 unspecified atom stereocenters. The number of carbonyl (C=O) groups excluding carboxylic acids is 1. The summed E-state index contributed by atoms with van der Waals surface area (Å²) >= 11 is 0. The molecule has 0 N–H and O–H groups in total. The van der Waals surface area contributed by atoms with E-state index in [1.54, 1.807) is 0 Å². The van der Waals surface area contributed by atoms with E-state index in [4.69, 9.17) is 0 Å². The minimum Gasteiger partial charge on any atom is -0.343 e. The van der Waals surface area contributed by atoms with Gasteiger partial charge in [0.05, 0.1) is 0 Å². The smallest absolute Gasteiger partial charge is 0.227 e. The number of hydrogen-bond acceptors (Lipinski definition) is 1. The van der Waals surface area contributed by atoms with Crippen molar-refractivity contribution >= 4 is 5.91 Å². The number of hydrogen-bond donors (Lipinski definition) is 0. The maximum Gasteiger partial charge on any atom is 0.227 e. The lowest BCUT2D eigenvalue weighted by atomic mass is 9.93. The Kier molecular flexibility index (Phi) is 4.63. The molecule has 84 valence electrons. The number of carbonyl (C=O) groups is 1. The van der Waals surface area contributed by atoms with Gasteiger partial charge in [0, 0.05) is 18.5 Å². The Hall–Kier alpha value is -0.530. The van der Waals surface area contributed by atoms with Crippen LogP contribution in [0.1, 0.15) is 48.0 Å². The molecule has 0 bridgehead atoms. The zero-order valence-corrected chi connectivity index (χ0v) is 10.7. The fourth-order valence-electron chi connectivity index (χ4n) is 1.57. The third-order valence-electron chi connectivity index (χ3n) is 2.44. The first-order valence-electron chi connectivity index (χ1n) is 5.43. The molecule has 0 saturated heterocycles. The van der Waals surface area contributed by atoms with Crippen molar-refractivity contribution in [2.75, 3.05) is 7.05 Å². The van der Waals surface area contributed by atoms with E-state index in [0.29, 0.717) is 12.0 Å². The minimum atomic E-state index is -0.264. The SMILES string of the molecule is CC(C)C[C@@H](C)N(C)C(=O)C(C)(C)C. The summed E-state index contributed by atoms with van der Waals surface area (Å²) in [6, 6.07) is 0.335. The molecule has 0 spiro atoms. The van der Waals surface area contributed by atoms with Gasteiger partial charge in [0.15, 0.2) is 0 Å². The summed E-state index contributed by atoms with van der Waals surface area (Å²) < 4.78 is 0. The molecule has 0 aliphatic heterocycles. The second kappa shape index (κ2) is 4.81. The summed E-state index contributed by atoms with van der Waals surface area (Å²) in [6.45, 7) is 12.4. The van der Waals surface area contributed by atoms with Gasteiger partial charge in [-0.05, 0) is 19.3 Å². The highest BCUT2D eigenvalue weighted by Gasteiger charge is 2.27. The molecule has 0 heterocycles. The Morgan fingerprint density at radius 1 is 1.21 bits per heavy atom. The van der Waals surface area contributed by atoms with Crippen LogP contribution >= 0.6 is 0 Å². The predicted molar refractivity (Wildman–Crippen MR) is 61.1 cm³/mol. The summed E-state index contributed by atoms with van der Waals surface area (Å²) in [5, 5.41) is 0. The van der Waals surface area contributed by atoms with Gasteiger partial charge in [-0.1, -0.05) is 34.6 Å². The number of amides is 1. The Morgan fingerprint density at radius 2 is 1.64 bits per heavy atom. The number of rotatable bonds is 3. The third-order valence-corrected chi connectivity index (χ3v) is 2.44. The minimum absolute atomic E-state index is 0.227. The fraction of sp³-hybridized carbons (Fsp3) is 0.917. The molecule has 0 saturated carbocycles. The van der Waals surface area contributed by atoms with Crippen LogP contribution in [0.25, 0.3) is 0 Å². The van der Waals surface area contributed by atoms with Gasteiger partial charge in [-0.3, -0.25) is 4.79 Å². The van der Waals surface area contributed by atoms with Crippen LogP contribution in [-0.4, -0.2) is 23.9 Å². The molecule has 2 nitrogen and oxygen atoms in total. The van der Waals surface area contributed by atoms with Crippen molar-refractivity contribution in [2.45, 2.75) is 54.0 Å². The first-order valence-corrected chi connectivity index (χ1v) is 5.43. The summed E-state index contributed by atoms with van der Waals surface area (Å²) in [5.41, 5.74) is -0.264. The Bertz CT molecular complexity index is 191. The Morgan fingerprint density at radius 3 is 1.93 bits per heavy atom. The van der Waals surface area contributed by atoms with Crippen LogP contribution in [0.3, 0.4) is 0 Å². The van der Waals surface area contributed by atoms with Crippen molar-refractivity contribution in [2.24, 2.45) is 11.3 Å². The van der Waals surface area contributed by atoms with Gasteiger partial charge in [0.1, 0.15) is 0 Å². The van der Waals surface area contributed by atoms with Crippen molar-refractivity contribution in [3.63, 3.8) is 0 Å². The second-order valence-electron chi connectivity index (χ2n) is 5.64. The van der Waals surface area contributed by atoms with E-state index < -0.39 is 0 Å². The molecule has 0 rings (SSSR count). The Labute approximate surface area is 88.7 Å². The van der Waals surface area contributed by atoms with Gasteiger partial charge in [-0.25, -0.2) is 0 Å². The van der Waals surface area contributed by atoms with Crippen molar-refractivity contribution in [3.8, 4) is 0 Å². The highest BCUT2D eigenvalue weighted by atomic mass is 16.2. The van der Waals surface area contributed by atoms with Crippen molar-refractivity contribution in [3.05, 3.63) is 0 Å². The van der Waals surface area contributed by atoms with Crippen molar-refractivity contribution < 1.29 is 4.79 Å². The van der Waals surface area contributed by atoms with Gasteiger partial charge in [-0.2, -0.15) is 0 Å². The molecule has 14 heavy (non-hydrogen) atoms. The second-order valence-corrected chi connectivity index (χ2v) is 5.64. The van der Waals surface area contributed by atoms with Crippen LogP contribution in [0.2, 0.25) is 0 Å². The van der Waals surface area contributed by atoms with E-state index in [9.17, 15) is 4.79 Å². The standard InChI is InChI=1S/C12H25NO/c1-9(2)8-10(3)13(7)11(14)12(4,5)6/h9-10H,8H2,1-7H3/t10-/m1/s1. The molecule has 0 aliphatic rings. The molecule has 0 aromatic rings. The fourth-order valence-corrected chi connectivity index (χ4v) is 1.57. The van der Waals surface area contributed by atoms with Crippen LogP contribution in [-0.2, 0) is 4.79 Å². The van der Waals surface area contributed by atoms with Crippen LogP contribution in [0.4, 0.5) is 0 Å². The van der Waals surface area contributed by atoms with E-state index in [1.165, 1.54) is 0 Å². The van der Waals surface area contributed by atoms with Gasteiger partial charge >= 0.3 is 0 Å². The molecule has 1 amide bonds. The van der Waals surface area contributed by atoms with E-state index in [-0.39, 0.29) is 11.3 Å². The molecule has 0 aromatic carbocycles. The average molecular weight is 199 g/mol. The lowest BCUT2D eigenvalue weighted by Crippen LogP contribution is -2.42. The van der Waals surface area contributed by atoms with Gasteiger partial charge < -0.3 is 4.90 Å². The van der Waals surface area contributed by atoms with Gasteiger partial charge in [0.2, 0.25) is 5.91 Å². The lowest BCUT2D eigenvalue weighted by molar-refractivity contribution is -0.140. The molecule has 0 aromatic heterocycles. The third kappa shape index (κ3) is 4.12. The maximum atomic E-state index is 11.9. The molecule has 1 atom stereocenters. The quantitative estimate of drug-likeness (QED) is 0.684. The maximum absolute atomic E-state index is 11.9. The van der Waals surface area contributed by atoms with Crippen LogP contribution in [0, 0.1) is 11.3 Å². The van der Waals surface area contributed by atoms with E-state index in [2.05, 4.69) is 20.8 Å². The molecule has 2 heteroatoms. The summed E-state index contributed by atoms with van der Waals surface area (Å²) in [4.78, 5) is 13.8. The highest BCUT2D eigenvalue weighted by Crippen LogP contribution is 2.20. The van der Waals surface area contributed by atoms with Crippen molar-refractivity contribution in [1.82, 2.24) is 4.90 Å². The first-order chi connectivity index (χ1) is 6.16. The topological polar surface area (TPSA) is 20.3 Å². The molecule has 0 aliphatic carbocycles. The molecular formula is C12H25NO. The normalized spacial score (nSPS) is 14.3. The van der Waals surface area contributed by atoms with Crippen LogP contribution in [0.5, 0.6) is 0 Å². The Balaban J connectivity index is 4.32. The molecule has 0 radical (unpaired) electrons. The van der Waals surface area contributed by atoms with Crippen LogP contribution in [0.15, 0.2) is 0 Å².